The van der Waals surface area contributed by atoms with Gasteiger partial charge in [-0.25, -0.2) is 0 Å². The predicted octanol–water partition coefficient (Wildman–Crippen LogP) is 5.22. The highest BCUT2D eigenvalue weighted by Gasteiger charge is 2.36. The van der Waals surface area contributed by atoms with E-state index in [1.165, 1.54) is 16.3 Å². The number of hydrogen-bond donors (Lipinski definition) is 0. The Morgan fingerprint density at radius 1 is 1.09 bits per heavy atom. The van der Waals surface area contributed by atoms with Crippen molar-refractivity contribution >= 4 is 40.1 Å². The molecule has 0 aliphatic carbocycles. The fraction of sp³-hybridized carbons (Fsp3) is 0.263. The van der Waals surface area contributed by atoms with Crippen LogP contribution in [0.3, 0.4) is 0 Å². The lowest BCUT2D eigenvalue weighted by atomic mass is 9.98. The number of ketones is 1. The van der Waals surface area contributed by atoms with E-state index >= 15 is 0 Å². The molecule has 2 atom stereocenters. The summed E-state index contributed by atoms with van der Waals surface area (Å²) in [5.74, 6) is 0.268. The van der Waals surface area contributed by atoms with E-state index in [0.717, 1.165) is 16.2 Å². The van der Waals surface area contributed by atoms with Gasteiger partial charge in [0.15, 0.2) is 5.78 Å². The summed E-state index contributed by atoms with van der Waals surface area (Å²) in [6.07, 6.45) is 1.86. The van der Waals surface area contributed by atoms with Crippen LogP contribution in [0, 0.1) is 11.3 Å². The van der Waals surface area contributed by atoms with E-state index in [-0.39, 0.29) is 16.3 Å². The number of Topliss-reactive ketones (excluding diaryl/α,β-unsaturated/α-hetero) is 1. The van der Waals surface area contributed by atoms with Gasteiger partial charge < -0.3 is 0 Å². The summed E-state index contributed by atoms with van der Waals surface area (Å²) in [6.45, 7) is 0. The highest BCUT2D eigenvalue weighted by Crippen LogP contribution is 2.55. The third-order valence-electron chi connectivity index (χ3n) is 4.37. The van der Waals surface area contributed by atoms with Crippen molar-refractivity contribution in [3.63, 3.8) is 0 Å². The van der Waals surface area contributed by atoms with Crippen molar-refractivity contribution in [2.24, 2.45) is 0 Å². The van der Waals surface area contributed by atoms with Crippen molar-refractivity contribution in [1.82, 2.24) is 0 Å². The lowest BCUT2D eigenvalue weighted by molar-refractivity contribution is -0.115. The second kappa shape index (κ2) is 6.07. The Bertz CT molecular complexity index is 865. The zero-order valence-corrected chi connectivity index (χ0v) is 14.1. The molecule has 0 saturated heterocycles. The van der Waals surface area contributed by atoms with Gasteiger partial charge in [-0.05, 0) is 22.8 Å². The van der Waals surface area contributed by atoms with E-state index < -0.39 is 0 Å². The van der Waals surface area contributed by atoms with Crippen LogP contribution >= 0.6 is 23.5 Å². The molecule has 0 fully saturated rings. The summed E-state index contributed by atoms with van der Waals surface area (Å²) >= 11 is 3.53. The van der Waals surface area contributed by atoms with Crippen LogP contribution in [0.4, 0.5) is 0 Å². The molecule has 2 unspecified atom stereocenters. The number of carbonyl (C=O) groups excluding carboxylic acids is 1. The van der Waals surface area contributed by atoms with Crippen LogP contribution in [-0.4, -0.2) is 11.0 Å². The predicted molar refractivity (Wildman–Crippen MR) is 97.2 cm³/mol. The van der Waals surface area contributed by atoms with Gasteiger partial charge in [0.05, 0.1) is 6.07 Å². The van der Waals surface area contributed by atoms with E-state index in [1.54, 1.807) is 11.8 Å². The summed E-state index contributed by atoms with van der Waals surface area (Å²) in [5.41, 5.74) is 2.19. The summed E-state index contributed by atoms with van der Waals surface area (Å²) in [4.78, 5) is 12.5. The van der Waals surface area contributed by atoms with Crippen molar-refractivity contribution in [2.45, 2.75) is 29.8 Å². The molecule has 4 heteroatoms. The smallest absolute Gasteiger partial charge is 0.162 e. The lowest BCUT2D eigenvalue weighted by Gasteiger charge is -2.22. The van der Waals surface area contributed by atoms with Gasteiger partial charge in [-0.3, -0.25) is 4.79 Å². The van der Waals surface area contributed by atoms with Crippen LogP contribution in [-0.2, 0) is 4.79 Å². The van der Waals surface area contributed by atoms with Crippen LogP contribution in [0.25, 0.3) is 10.8 Å². The van der Waals surface area contributed by atoms with Crippen molar-refractivity contribution in [2.75, 3.05) is 0 Å². The van der Waals surface area contributed by atoms with Crippen LogP contribution < -0.4 is 0 Å². The number of nitrogens with zero attached hydrogens (tertiary/aromatic N) is 1. The highest BCUT2D eigenvalue weighted by molar-refractivity contribution is 8.23. The lowest BCUT2D eigenvalue weighted by Crippen LogP contribution is -2.12. The molecule has 114 valence electrons. The molecule has 0 bridgehead atoms. The van der Waals surface area contributed by atoms with E-state index in [1.807, 2.05) is 23.9 Å². The largest absolute Gasteiger partial charge is 0.294 e. The molecule has 0 saturated carbocycles. The molecule has 2 aromatic rings. The molecular formula is C19H15NOS2. The minimum Gasteiger partial charge on any atom is -0.294 e. The Morgan fingerprint density at radius 3 is 2.74 bits per heavy atom. The molecule has 2 aliphatic heterocycles. The molecule has 2 nitrogen and oxygen atoms in total. The molecule has 2 aliphatic rings. The molecule has 0 spiro atoms. The maximum Gasteiger partial charge on any atom is 0.162 e. The van der Waals surface area contributed by atoms with Crippen molar-refractivity contribution in [3.05, 3.63) is 57.8 Å². The Labute approximate surface area is 143 Å². The Morgan fingerprint density at radius 2 is 1.91 bits per heavy atom. The van der Waals surface area contributed by atoms with E-state index in [2.05, 4.69) is 36.4 Å². The van der Waals surface area contributed by atoms with Crippen LogP contribution in [0.5, 0.6) is 0 Å². The number of benzene rings is 2. The summed E-state index contributed by atoms with van der Waals surface area (Å²) in [5, 5.41) is 11.8. The number of hydrogen-bond acceptors (Lipinski definition) is 4. The summed E-state index contributed by atoms with van der Waals surface area (Å²) in [6, 6.07) is 17.0. The second-order valence-corrected chi connectivity index (χ2v) is 8.69. The Hall–Kier alpha value is -1.70. The monoisotopic (exact) mass is 337 g/mol. The van der Waals surface area contributed by atoms with Gasteiger partial charge in [0, 0.05) is 33.2 Å². The van der Waals surface area contributed by atoms with Gasteiger partial charge >= 0.3 is 0 Å². The standard InChI is InChI=1S/C19H15NOS2/c20-8-7-15-10-16-17(21)11-18(23-19(16)22-15)14-6-5-12-3-1-2-4-13(12)9-14/h1-6,9,15,18H,7,10-11H2. The van der Waals surface area contributed by atoms with Gasteiger partial charge in [-0.1, -0.05) is 42.5 Å². The topological polar surface area (TPSA) is 40.9 Å². The first kappa shape index (κ1) is 14.9. The number of carbonyl (C=O) groups is 1. The highest BCUT2D eigenvalue weighted by atomic mass is 32.2. The quantitative estimate of drug-likeness (QED) is 0.753. The maximum absolute atomic E-state index is 12.5. The molecule has 0 radical (unpaired) electrons. The second-order valence-electron chi connectivity index (χ2n) is 5.91. The maximum atomic E-state index is 12.5. The first-order valence-corrected chi connectivity index (χ1v) is 9.46. The van der Waals surface area contributed by atoms with Crippen LogP contribution in [0.15, 0.2) is 52.3 Å². The first-order chi connectivity index (χ1) is 11.2. The number of allylic oxidation sites excluding steroid dienone is 1. The zero-order chi connectivity index (χ0) is 15.8. The molecule has 4 rings (SSSR count). The molecule has 0 N–H and O–H groups in total. The molecule has 23 heavy (non-hydrogen) atoms. The van der Waals surface area contributed by atoms with Gasteiger partial charge in [-0.15, -0.1) is 23.5 Å². The average Bonchev–Trinajstić information content (AvgIpc) is 2.98. The van der Waals surface area contributed by atoms with Gasteiger partial charge in [0.2, 0.25) is 0 Å². The normalized spacial score (nSPS) is 23.9. The third kappa shape index (κ3) is 2.80. The van der Waals surface area contributed by atoms with E-state index in [4.69, 9.17) is 5.26 Å². The van der Waals surface area contributed by atoms with Crippen LogP contribution in [0.2, 0.25) is 0 Å². The van der Waals surface area contributed by atoms with E-state index in [0.29, 0.717) is 12.8 Å². The summed E-state index contributed by atoms with van der Waals surface area (Å²) < 4.78 is 1.15. The van der Waals surface area contributed by atoms with Gasteiger partial charge in [0.1, 0.15) is 0 Å². The first-order valence-electron chi connectivity index (χ1n) is 7.70. The van der Waals surface area contributed by atoms with Gasteiger partial charge in [0.25, 0.3) is 0 Å². The minimum atomic E-state index is 0.194. The van der Waals surface area contributed by atoms with Crippen molar-refractivity contribution in [1.29, 1.82) is 5.26 Å². The molecule has 0 amide bonds. The van der Waals surface area contributed by atoms with E-state index in [9.17, 15) is 4.79 Å². The molecule has 2 heterocycles. The number of rotatable bonds is 2. The van der Waals surface area contributed by atoms with Crippen molar-refractivity contribution in [3.8, 4) is 6.07 Å². The number of nitriles is 1. The number of thioether (sulfide) groups is 2. The molecule has 2 aromatic carbocycles. The van der Waals surface area contributed by atoms with Crippen molar-refractivity contribution < 1.29 is 4.79 Å². The average molecular weight is 337 g/mol. The fourth-order valence-corrected chi connectivity index (χ4v) is 6.32. The molecular weight excluding hydrogens is 322 g/mol. The SMILES string of the molecule is N#CCC1CC2=C(S1)SC(c1ccc3ccccc3c1)CC2=O. The number of fused-ring (bicyclic) bond motifs is 1. The minimum absolute atomic E-state index is 0.194. The zero-order valence-electron chi connectivity index (χ0n) is 12.5. The van der Waals surface area contributed by atoms with Crippen LogP contribution in [0.1, 0.15) is 30.1 Å². The van der Waals surface area contributed by atoms with Gasteiger partial charge in [-0.2, -0.15) is 5.26 Å². The summed E-state index contributed by atoms with van der Waals surface area (Å²) in [7, 11) is 0. The Kier molecular flexibility index (Phi) is 3.92. The third-order valence-corrected chi connectivity index (χ3v) is 7.26. The Balaban J connectivity index is 1.61. The molecule has 0 aromatic heterocycles. The fourth-order valence-electron chi connectivity index (χ4n) is 3.17.